The van der Waals surface area contributed by atoms with Gasteiger partial charge in [-0.15, -0.1) is 0 Å². The largest absolute Gasteiger partial charge is 0.355 e. The van der Waals surface area contributed by atoms with Gasteiger partial charge in [0.15, 0.2) is 0 Å². The molecule has 0 fully saturated rings. The van der Waals surface area contributed by atoms with Crippen molar-refractivity contribution in [2.75, 3.05) is 0 Å². The molecular formula is C22H16IN. The van der Waals surface area contributed by atoms with E-state index in [4.69, 9.17) is 0 Å². The first-order valence-electron chi connectivity index (χ1n) is 7.92. The molecular weight excluding hydrogens is 405 g/mol. The van der Waals surface area contributed by atoms with Crippen LogP contribution in [0.15, 0.2) is 91.0 Å². The molecule has 5 aromatic rings. The van der Waals surface area contributed by atoms with Gasteiger partial charge in [0.1, 0.15) is 0 Å². The van der Waals surface area contributed by atoms with Crippen molar-refractivity contribution in [3.63, 3.8) is 0 Å². The second kappa shape index (κ2) is 6.65. The van der Waals surface area contributed by atoms with Gasteiger partial charge in [0, 0.05) is 25.4 Å². The number of H-pyrrole nitrogens is 1. The van der Waals surface area contributed by atoms with E-state index < -0.39 is 0 Å². The van der Waals surface area contributed by atoms with Crippen LogP contribution in [0.25, 0.3) is 32.6 Å². The molecule has 0 radical (unpaired) electrons. The fourth-order valence-electron chi connectivity index (χ4n) is 2.98. The van der Waals surface area contributed by atoms with E-state index in [2.05, 4.69) is 119 Å². The third-order valence-electron chi connectivity index (χ3n) is 4.15. The van der Waals surface area contributed by atoms with Crippen LogP contribution in [-0.2, 0) is 0 Å². The summed E-state index contributed by atoms with van der Waals surface area (Å²) in [7, 11) is 0. The van der Waals surface area contributed by atoms with Crippen LogP contribution in [0.4, 0.5) is 0 Å². The molecule has 0 saturated heterocycles. The van der Waals surface area contributed by atoms with Gasteiger partial charge in [0.2, 0.25) is 0 Å². The summed E-state index contributed by atoms with van der Waals surface area (Å²) in [6.45, 7) is 0. The Labute approximate surface area is 154 Å². The molecule has 1 aromatic heterocycles. The second-order valence-electron chi connectivity index (χ2n) is 5.68. The van der Waals surface area contributed by atoms with E-state index in [0.717, 1.165) is 0 Å². The first-order chi connectivity index (χ1) is 11.8. The number of aromatic amines is 1. The van der Waals surface area contributed by atoms with Crippen molar-refractivity contribution < 1.29 is 0 Å². The van der Waals surface area contributed by atoms with Crippen LogP contribution >= 0.6 is 22.6 Å². The van der Waals surface area contributed by atoms with Crippen LogP contribution in [0.1, 0.15) is 0 Å². The maximum absolute atomic E-state index is 3.38. The predicted molar refractivity (Wildman–Crippen MR) is 112 cm³/mol. The van der Waals surface area contributed by atoms with E-state index in [1.807, 2.05) is 0 Å². The molecule has 1 nitrogen and oxygen atoms in total. The van der Waals surface area contributed by atoms with Crippen LogP contribution in [0.2, 0.25) is 0 Å². The predicted octanol–water partition coefficient (Wildman–Crippen LogP) is 6.77. The van der Waals surface area contributed by atoms with Crippen molar-refractivity contribution >= 4 is 55.2 Å². The van der Waals surface area contributed by atoms with Crippen molar-refractivity contribution in [1.29, 1.82) is 0 Å². The van der Waals surface area contributed by atoms with Gasteiger partial charge in [-0.3, -0.25) is 0 Å². The van der Waals surface area contributed by atoms with Gasteiger partial charge in [0.25, 0.3) is 0 Å². The minimum absolute atomic E-state index is 1.21. The average molecular weight is 421 g/mol. The van der Waals surface area contributed by atoms with Crippen molar-refractivity contribution in [1.82, 2.24) is 4.98 Å². The Morgan fingerprint density at radius 3 is 1.62 bits per heavy atom. The highest BCUT2D eigenvalue weighted by molar-refractivity contribution is 14.1. The summed E-state index contributed by atoms with van der Waals surface area (Å²) in [6, 6.07) is 31.5. The van der Waals surface area contributed by atoms with Crippen molar-refractivity contribution in [2.24, 2.45) is 0 Å². The number of halogens is 1. The van der Waals surface area contributed by atoms with Crippen molar-refractivity contribution in [3.8, 4) is 0 Å². The lowest BCUT2D eigenvalue weighted by Gasteiger charge is -1.97. The summed E-state index contributed by atoms with van der Waals surface area (Å²) >= 11 is 2.36. The summed E-state index contributed by atoms with van der Waals surface area (Å²) < 4.78 is 1.32. The monoisotopic (exact) mass is 421 g/mol. The number of aromatic nitrogens is 1. The molecule has 0 unspecified atom stereocenters. The SMILES string of the molecule is Ic1cccc2ccccc12.c1ccc2c(c1)[nH]c1ccccc12. The first kappa shape index (κ1) is 15.2. The summed E-state index contributed by atoms with van der Waals surface area (Å²) in [5, 5.41) is 5.27. The molecule has 24 heavy (non-hydrogen) atoms. The number of hydrogen-bond donors (Lipinski definition) is 1. The maximum atomic E-state index is 3.38. The van der Waals surface area contributed by atoms with E-state index in [-0.39, 0.29) is 0 Å². The fourth-order valence-corrected chi connectivity index (χ4v) is 3.68. The lowest BCUT2D eigenvalue weighted by molar-refractivity contribution is 1.55. The lowest BCUT2D eigenvalue weighted by Crippen LogP contribution is -1.74. The molecule has 0 atom stereocenters. The Kier molecular flexibility index (Phi) is 4.22. The second-order valence-corrected chi connectivity index (χ2v) is 6.84. The molecule has 0 aliphatic rings. The lowest BCUT2D eigenvalue weighted by atomic mass is 10.1. The van der Waals surface area contributed by atoms with Crippen molar-refractivity contribution in [2.45, 2.75) is 0 Å². The molecule has 4 aromatic carbocycles. The summed E-state index contributed by atoms with van der Waals surface area (Å²) in [5.41, 5.74) is 2.42. The minimum atomic E-state index is 1.21. The highest BCUT2D eigenvalue weighted by Gasteiger charge is 2.00. The standard InChI is InChI=1S/C12H9N.C10H7I/c1-3-7-11-9(5-1)10-6-2-4-8-12(10)13-11;11-10-7-3-5-8-4-1-2-6-9(8)10/h1-8,13H;1-7H. The molecule has 0 bridgehead atoms. The van der Waals surface area contributed by atoms with Gasteiger partial charge in [-0.2, -0.15) is 0 Å². The summed E-state index contributed by atoms with van der Waals surface area (Å²) in [6.07, 6.45) is 0. The van der Waals surface area contributed by atoms with E-state index >= 15 is 0 Å². The number of rotatable bonds is 0. The van der Waals surface area contributed by atoms with E-state index in [1.54, 1.807) is 0 Å². The smallest absolute Gasteiger partial charge is 0.0464 e. The van der Waals surface area contributed by atoms with Crippen LogP contribution in [0.3, 0.4) is 0 Å². The first-order valence-corrected chi connectivity index (χ1v) is 8.99. The van der Waals surface area contributed by atoms with Crippen LogP contribution in [-0.4, -0.2) is 4.98 Å². The van der Waals surface area contributed by atoms with Gasteiger partial charge in [-0.05, 0) is 51.6 Å². The van der Waals surface area contributed by atoms with E-state index in [1.165, 1.54) is 36.1 Å². The molecule has 0 spiro atoms. The molecule has 1 N–H and O–H groups in total. The third-order valence-corrected chi connectivity index (χ3v) is 5.09. The topological polar surface area (TPSA) is 15.8 Å². The Bertz CT molecular complexity index is 1070. The summed E-state index contributed by atoms with van der Waals surface area (Å²) in [4.78, 5) is 3.38. The van der Waals surface area contributed by atoms with Crippen LogP contribution < -0.4 is 0 Å². The fraction of sp³-hybridized carbons (Fsp3) is 0. The molecule has 0 aliphatic heterocycles. The zero-order valence-corrected chi connectivity index (χ0v) is 15.2. The van der Waals surface area contributed by atoms with Gasteiger partial charge in [-0.1, -0.05) is 72.8 Å². The third kappa shape index (κ3) is 2.89. The Morgan fingerprint density at radius 2 is 1.00 bits per heavy atom. The number of nitrogens with one attached hydrogen (secondary N) is 1. The molecule has 2 heteroatoms. The normalized spacial score (nSPS) is 10.7. The number of benzene rings is 4. The maximum Gasteiger partial charge on any atom is 0.0464 e. The molecule has 0 aliphatic carbocycles. The summed E-state index contributed by atoms with van der Waals surface area (Å²) in [5.74, 6) is 0. The minimum Gasteiger partial charge on any atom is -0.355 e. The van der Waals surface area contributed by atoms with Gasteiger partial charge >= 0.3 is 0 Å². The highest BCUT2D eigenvalue weighted by Crippen LogP contribution is 2.24. The van der Waals surface area contributed by atoms with Crippen LogP contribution in [0.5, 0.6) is 0 Å². The van der Waals surface area contributed by atoms with Crippen LogP contribution in [0, 0.1) is 3.57 Å². The number of fused-ring (bicyclic) bond motifs is 4. The molecule has 1 heterocycles. The Hall–Kier alpha value is -2.33. The quantitative estimate of drug-likeness (QED) is 0.266. The number of hydrogen-bond acceptors (Lipinski definition) is 0. The van der Waals surface area contributed by atoms with Gasteiger partial charge in [-0.25, -0.2) is 0 Å². The Balaban J connectivity index is 0.000000123. The zero-order chi connectivity index (χ0) is 16.4. The van der Waals surface area contributed by atoms with Crippen molar-refractivity contribution in [3.05, 3.63) is 94.6 Å². The van der Waals surface area contributed by atoms with E-state index in [9.17, 15) is 0 Å². The molecule has 0 amide bonds. The van der Waals surface area contributed by atoms with Gasteiger partial charge in [0.05, 0.1) is 0 Å². The molecule has 5 rings (SSSR count). The highest BCUT2D eigenvalue weighted by atomic mass is 127. The molecule has 116 valence electrons. The van der Waals surface area contributed by atoms with Gasteiger partial charge < -0.3 is 4.98 Å². The number of para-hydroxylation sites is 2. The zero-order valence-electron chi connectivity index (χ0n) is 13.0. The van der Waals surface area contributed by atoms with E-state index in [0.29, 0.717) is 0 Å². The Morgan fingerprint density at radius 1 is 0.500 bits per heavy atom. The molecule has 0 saturated carbocycles. The average Bonchev–Trinajstić information content (AvgIpc) is 3.02.